The Labute approximate surface area is 82.6 Å². The van der Waals surface area contributed by atoms with E-state index in [0.717, 1.165) is 6.42 Å². The van der Waals surface area contributed by atoms with Gasteiger partial charge in [0.15, 0.2) is 0 Å². The van der Waals surface area contributed by atoms with Crippen LogP contribution in [0.25, 0.3) is 10.8 Å². The molecule has 0 saturated heterocycles. The molecule has 0 heterocycles. The van der Waals surface area contributed by atoms with Crippen LogP contribution in [0.1, 0.15) is 17.0 Å². The van der Waals surface area contributed by atoms with E-state index in [1.807, 2.05) is 6.07 Å². The smallest absolute Gasteiger partial charge is 0.0759 e. The number of nitrogens with zero attached hydrogens (tertiary/aromatic N) is 1. The van der Waals surface area contributed by atoms with Crippen LogP contribution in [-0.2, 0) is 6.42 Å². The van der Waals surface area contributed by atoms with Crippen LogP contribution in [0.4, 0.5) is 0 Å². The summed E-state index contributed by atoms with van der Waals surface area (Å²) in [4.78, 5) is 0. The highest BCUT2D eigenvalue weighted by Gasteiger charge is 2.23. The summed E-state index contributed by atoms with van der Waals surface area (Å²) in [5.41, 5.74) is 2.53. The van der Waals surface area contributed by atoms with Gasteiger partial charge in [-0.05, 0) is 28.3 Å². The molecule has 1 aliphatic rings. The summed E-state index contributed by atoms with van der Waals surface area (Å²) in [6.07, 6.45) is 0.882. The SMILES string of the molecule is N#CC1Cc2cccc3cccc1c23. The number of benzene rings is 2. The van der Waals surface area contributed by atoms with Crippen LogP contribution in [0.2, 0.25) is 0 Å². The molecule has 0 saturated carbocycles. The summed E-state index contributed by atoms with van der Waals surface area (Å²) in [6, 6.07) is 14.9. The fourth-order valence-corrected chi connectivity index (χ4v) is 2.36. The highest BCUT2D eigenvalue weighted by atomic mass is 14.3. The zero-order valence-electron chi connectivity index (χ0n) is 7.70. The zero-order chi connectivity index (χ0) is 9.54. The van der Waals surface area contributed by atoms with Crippen LogP contribution in [0, 0.1) is 11.3 Å². The van der Waals surface area contributed by atoms with Crippen molar-refractivity contribution in [2.24, 2.45) is 0 Å². The monoisotopic (exact) mass is 179 g/mol. The Hall–Kier alpha value is -1.81. The quantitative estimate of drug-likeness (QED) is 0.609. The highest BCUT2D eigenvalue weighted by Crippen LogP contribution is 2.37. The molecule has 1 aliphatic carbocycles. The lowest BCUT2D eigenvalue weighted by molar-refractivity contribution is 0.897. The van der Waals surface area contributed by atoms with Crippen LogP contribution >= 0.6 is 0 Å². The molecule has 0 aliphatic heterocycles. The normalized spacial score (nSPS) is 18.4. The fourth-order valence-electron chi connectivity index (χ4n) is 2.36. The lowest BCUT2D eigenvalue weighted by Gasteiger charge is -2.01. The van der Waals surface area contributed by atoms with Gasteiger partial charge in [0, 0.05) is 0 Å². The molecule has 1 unspecified atom stereocenters. The van der Waals surface area contributed by atoms with E-state index in [1.165, 1.54) is 21.9 Å². The Balaban J connectivity index is 2.45. The molecule has 0 bridgehead atoms. The van der Waals surface area contributed by atoms with E-state index in [9.17, 15) is 0 Å². The Kier molecular flexibility index (Phi) is 1.40. The predicted molar refractivity (Wildman–Crippen MR) is 56.0 cm³/mol. The predicted octanol–water partition coefficient (Wildman–Crippen LogP) is 3.00. The molecule has 2 aromatic carbocycles. The maximum absolute atomic E-state index is 9.04. The van der Waals surface area contributed by atoms with E-state index in [1.54, 1.807) is 0 Å². The molecule has 0 radical (unpaired) electrons. The number of hydrogen-bond acceptors (Lipinski definition) is 1. The Morgan fingerprint density at radius 1 is 1.14 bits per heavy atom. The van der Waals surface area contributed by atoms with Gasteiger partial charge in [-0.2, -0.15) is 5.26 Å². The van der Waals surface area contributed by atoms with Crippen molar-refractivity contribution in [2.75, 3.05) is 0 Å². The maximum Gasteiger partial charge on any atom is 0.0759 e. The summed E-state index contributed by atoms with van der Waals surface area (Å²) >= 11 is 0. The molecule has 1 nitrogen and oxygen atoms in total. The molecule has 66 valence electrons. The molecule has 0 fully saturated rings. The van der Waals surface area contributed by atoms with Crippen molar-refractivity contribution < 1.29 is 0 Å². The second kappa shape index (κ2) is 2.59. The summed E-state index contributed by atoms with van der Waals surface area (Å²) in [5, 5.41) is 11.6. The van der Waals surface area contributed by atoms with Crippen LogP contribution < -0.4 is 0 Å². The summed E-state index contributed by atoms with van der Waals surface area (Å²) in [5.74, 6) is 0.0658. The van der Waals surface area contributed by atoms with E-state index in [0.29, 0.717) is 0 Å². The molecule has 0 spiro atoms. The molecular formula is C13H9N. The molecule has 0 aromatic heterocycles. The van der Waals surface area contributed by atoms with Crippen molar-refractivity contribution >= 4 is 10.8 Å². The van der Waals surface area contributed by atoms with Crippen molar-refractivity contribution in [1.29, 1.82) is 5.26 Å². The fraction of sp³-hybridized carbons (Fsp3) is 0.154. The van der Waals surface area contributed by atoms with Crippen LogP contribution in [0.3, 0.4) is 0 Å². The molecule has 0 amide bonds. The minimum absolute atomic E-state index is 0.0658. The molecule has 1 atom stereocenters. The number of nitriles is 1. The first kappa shape index (κ1) is 7.58. The number of hydrogen-bond donors (Lipinski definition) is 0. The minimum atomic E-state index is 0.0658. The zero-order valence-corrected chi connectivity index (χ0v) is 7.70. The van der Waals surface area contributed by atoms with Gasteiger partial charge >= 0.3 is 0 Å². The first-order valence-corrected chi connectivity index (χ1v) is 4.80. The van der Waals surface area contributed by atoms with Gasteiger partial charge in [0.2, 0.25) is 0 Å². The van der Waals surface area contributed by atoms with E-state index in [-0.39, 0.29) is 5.92 Å². The van der Waals surface area contributed by atoms with Crippen LogP contribution in [0.15, 0.2) is 36.4 Å². The van der Waals surface area contributed by atoms with E-state index >= 15 is 0 Å². The van der Waals surface area contributed by atoms with Crippen molar-refractivity contribution in [3.05, 3.63) is 47.5 Å². The Bertz CT molecular complexity index is 543. The molecule has 2 aromatic rings. The first-order valence-electron chi connectivity index (χ1n) is 4.80. The van der Waals surface area contributed by atoms with Gasteiger partial charge < -0.3 is 0 Å². The molecular weight excluding hydrogens is 170 g/mol. The van der Waals surface area contributed by atoms with Crippen molar-refractivity contribution in [2.45, 2.75) is 12.3 Å². The van der Waals surface area contributed by atoms with Crippen LogP contribution in [0.5, 0.6) is 0 Å². The van der Waals surface area contributed by atoms with Crippen LogP contribution in [-0.4, -0.2) is 0 Å². The van der Waals surface area contributed by atoms with Gasteiger partial charge in [0.05, 0.1) is 12.0 Å². The van der Waals surface area contributed by atoms with Gasteiger partial charge in [0.1, 0.15) is 0 Å². The van der Waals surface area contributed by atoms with Crippen molar-refractivity contribution in [1.82, 2.24) is 0 Å². The van der Waals surface area contributed by atoms with Gasteiger partial charge in [-0.25, -0.2) is 0 Å². The Morgan fingerprint density at radius 2 is 1.93 bits per heavy atom. The molecule has 0 N–H and O–H groups in total. The van der Waals surface area contributed by atoms with E-state index in [2.05, 4.69) is 36.4 Å². The second-order valence-electron chi connectivity index (χ2n) is 3.75. The topological polar surface area (TPSA) is 23.8 Å². The van der Waals surface area contributed by atoms with Gasteiger partial charge in [-0.15, -0.1) is 0 Å². The maximum atomic E-state index is 9.04. The average Bonchev–Trinajstić information content (AvgIpc) is 2.60. The lowest BCUT2D eigenvalue weighted by atomic mass is 10.0. The minimum Gasteiger partial charge on any atom is -0.198 e. The van der Waals surface area contributed by atoms with Crippen molar-refractivity contribution in [3.63, 3.8) is 0 Å². The highest BCUT2D eigenvalue weighted by molar-refractivity contribution is 5.91. The van der Waals surface area contributed by atoms with Gasteiger partial charge in [0.25, 0.3) is 0 Å². The van der Waals surface area contributed by atoms with E-state index in [4.69, 9.17) is 5.26 Å². The van der Waals surface area contributed by atoms with Gasteiger partial charge in [-0.1, -0.05) is 36.4 Å². The first-order chi connectivity index (χ1) is 6.90. The summed E-state index contributed by atoms with van der Waals surface area (Å²) in [6.45, 7) is 0. The summed E-state index contributed by atoms with van der Waals surface area (Å²) in [7, 11) is 0. The third-order valence-corrected chi connectivity index (χ3v) is 2.98. The molecule has 14 heavy (non-hydrogen) atoms. The summed E-state index contributed by atoms with van der Waals surface area (Å²) < 4.78 is 0. The molecule has 1 heteroatoms. The third-order valence-electron chi connectivity index (χ3n) is 2.98. The van der Waals surface area contributed by atoms with E-state index < -0.39 is 0 Å². The number of rotatable bonds is 0. The standard InChI is InChI=1S/C13H9N/c14-8-11-7-10-5-1-3-9-4-2-6-12(11)13(9)10/h1-6,11H,7H2. The largest absolute Gasteiger partial charge is 0.198 e. The third kappa shape index (κ3) is 0.831. The van der Waals surface area contributed by atoms with Gasteiger partial charge in [-0.3, -0.25) is 0 Å². The molecule has 3 rings (SSSR count). The average molecular weight is 179 g/mol. The Morgan fingerprint density at radius 3 is 2.71 bits per heavy atom. The van der Waals surface area contributed by atoms with Crippen molar-refractivity contribution in [3.8, 4) is 6.07 Å². The lowest BCUT2D eigenvalue weighted by Crippen LogP contribution is -1.90. The second-order valence-corrected chi connectivity index (χ2v) is 3.75.